The lowest BCUT2D eigenvalue weighted by molar-refractivity contribution is -0.151. The summed E-state index contributed by atoms with van der Waals surface area (Å²) in [6.45, 7) is 3.00. The van der Waals surface area contributed by atoms with Gasteiger partial charge in [0, 0.05) is 13.0 Å². The van der Waals surface area contributed by atoms with Crippen molar-refractivity contribution in [2.45, 2.75) is 32.2 Å². The number of amides is 1. The first-order valence-electron chi connectivity index (χ1n) is 7.34. The number of nitrogens with two attached hydrogens (primary N) is 1. The van der Waals surface area contributed by atoms with Crippen LogP contribution in [0.2, 0.25) is 0 Å². The second-order valence-corrected chi connectivity index (χ2v) is 5.66. The Bertz CT molecular complexity index is 530. The molecule has 1 aliphatic heterocycles. The fourth-order valence-corrected chi connectivity index (χ4v) is 2.73. The maximum atomic E-state index is 12.4. The smallest absolute Gasteiger partial charge is 0.331 e. The molecule has 0 spiro atoms. The number of carbonyl (C=O) groups excluding carboxylic acids is 1. The molecule has 114 valence electrons. The standard InChI is InChI=1S/C16H22N2O3/c1-11(10-17)6-7-14(19)18-9-8-12-4-2-3-5-13(12)15(18)16(20)21/h2-5,11,15H,6-10,17H2,1H3,(H,20,21). The van der Waals surface area contributed by atoms with Crippen LogP contribution in [-0.4, -0.2) is 35.0 Å². The van der Waals surface area contributed by atoms with Gasteiger partial charge in [0.2, 0.25) is 5.91 Å². The monoisotopic (exact) mass is 290 g/mol. The minimum atomic E-state index is -0.970. The van der Waals surface area contributed by atoms with Gasteiger partial charge in [-0.3, -0.25) is 4.79 Å². The highest BCUT2D eigenvalue weighted by molar-refractivity contribution is 5.85. The summed E-state index contributed by atoms with van der Waals surface area (Å²) in [7, 11) is 0. The fourth-order valence-electron chi connectivity index (χ4n) is 2.73. The average molecular weight is 290 g/mol. The van der Waals surface area contributed by atoms with Gasteiger partial charge in [-0.25, -0.2) is 4.79 Å². The number of benzene rings is 1. The lowest BCUT2D eigenvalue weighted by Gasteiger charge is -2.35. The predicted molar refractivity (Wildman–Crippen MR) is 79.7 cm³/mol. The highest BCUT2D eigenvalue weighted by Crippen LogP contribution is 2.30. The van der Waals surface area contributed by atoms with Crippen molar-refractivity contribution in [2.24, 2.45) is 11.7 Å². The molecular formula is C16H22N2O3. The lowest BCUT2D eigenvalue weighted by Crippen LogP contribution is -2.43. The molecule has 3 N–H and O–H groups in total. The fraction of sp³-hybridized carbons (Fsp3) is 0.500. The van der Waals surface area contributed by atoms with Crippen molar-refractivity contribution in [3.05, 3.63) is 35.4 Å². The van der Waals surface area contributed by atoms with Crippen LogP contribution in [0.25, 0.3) is 0 Å². The third-order valence-corrected chi connectivity index (χ3v) is 4.09. The summed E-state index contributed by atoms with van der Waals surface area (Å²) in [4.78, 5) is 25.5. The number of carboxylic acid groups (broad SMARTS) is 1. The van der Waals surface area contributed by atoms with Crippen LogP contribution in [0.4, 0.5) is 0 Å². The van der Waals surface area contributed by atoms with E-state index in [9.17, 15) is 14.7 Å². The van der Waals surface area contributed by atoms with Gasteiger partial charge in [-0.2, -0.15) is 0 Å². The molecule has 0 fully saturated rings. The molecular weight excluding hydrogens is 268 g/mol. The number of hydrogen-bond acceptors (Lipinski definition) is 3. The molecule has 0 aromatic heterocycles. The summed E-state index contributed by atoms with van der Waals surface area (Å²) >= 11 is 0. The van der Waals surface area contributed by atoms with Gasteiger partial charge in [0.25, 0.3) is 0 Å². The van der Waals surface area contributed by atoms with Crippen LogP contribution in [-0.2, 0) is 16.0 Å². The Morgan fingerprint density at radius 1 is 1.43 bits per heavy atom. The first kappa shape index (κ1) is 15.5. The Morgan fingerprint density at radius 2 is 2.14 bits per heavy atom. The van der Waals surface area contributed by atoms with Gasteiger partial charge in [-0.1, -0.05) is 31.2 Å². The van der Waals surface area contributed by atoms with E-state index in [1.54, 1.807) is 6.07 Å². The van der Waals surface area contributed by atoms with Gasteiger partial charge in [-0.05, 0) is 36.4 Å². The molecule has 1 aromatic carbocycles. The zero-order valence-corrected chi connectivity index (χ0v) is 12.3. The van der Waals surface area contributed by atoms with Crippen molar-refractivity contribution in [1.29, 1.82) is 0 Å². The summed E-state index contributed by atoms with van der Waals surface area (Å²) < 4.78 is 0. The van der Waals surface area contributed by atoms with E-state index < -0.39 is 12.0 Å². The third-order valence-electron chi connectivity index (χ3n) is 4.09. The van der Waals surface area contributed by atoms with Gasteiger partial charge >= 0.3 is 5.97 Å². The van der Waals surface area contributed by atoms with E-state index in [0.717, 1.165) is 11.1 Å². The van der Waals surface area contributed by atoms with Crippen LogP contribution < -0.4 is 5.73 Å². The first-order valence-corrected chi connectivity index (χ1v) is 7.34. The van der Waals surface area contributed by atoms with Crippen LogP contribution in [0.1, 0.15) is 36.9 Å². The van der Waals surface area contributed by atoms with Gasteiger partial charge < -0.3 is 15.7 Å². The van der Waals surface area contributed by atoms with E-state index >= 15 is 0 Å². The third kappa shape index (κ3) is 3.42. The van der Waals surface area contributed by atoms with Crippen LogP contribution >= 0.6 is 0 Å². The summed E-state index contributed by atoms with van der Waals surface area (Å²) in [6.07, 6.45) is 1.75. The molecule has 5 nitrogen and oxygen atoms in total. The maximum absolute atomic E-state index is 12.4. The number of nitrogens with zero attached hydrogens (tertiary/aromatic N) is 1. The summed E-state index contributed by atoms with van der Waals surface area (Å²) in [5, 5.41) is 9.51. The number of rotatable bonds is 5. The Morgan fingerprint density at radius 3 is 2.81 bits per heavy atom. The highest BCUT2D eigenvalue weighted by Gasteiger charge is 2.35. The van der Waals surface area contributed by atoms with Gasteiger partial charge in [0.15, 0.2) is 6.04 Å². The predicted octanol–water partition coefficient (Wildman–Crippen LogP) is 1.57. The van der Waals surface area contributed by atoms with Crippen LogP contribution in [0.15, 0.2) is 24.3 Å². The summed E-state index contributed by atoms with van der Waals surface area (Å²) in [6, 6.07) is 6.59. The van der Waals surface area contributed by atoms with Crippen LogP contribution in [0, 0.1) is 5.92 Å². The van der Waals surface area contributed by atoms with Crippen molar-refractivity contribution < 1.29 is 14.7 Å². The van der Waals surface area contributed by atoms with Gasteiger partial charge in [0.05, 0.1) is 0 Å². The normalized spacial score (nSPS) is 19.0. The molecule has 2 rings (SSSR count). The van der Waals surface area contributed by atoms with E-state index in [2.05, 4.69) is 0 Å². The quantitative estimate of drug-likeness (QED) is 0.862. The van der Waals surface area contributed by atoms with Crippen molar-refractivity contribution in [1.82, 2.24) is 4.90 Å². The summed E-state index contributed by atoms with van der Waals surface area (Å²) in [5.74, 6) is -0.797. The molecule has 1 heterocycles. The van der Waals surface area contributed by atoms with Gasteiger partial charge in [-0.15, -0.1) is 0 Å². The number of fused-ring (bicyclic) bond motifs is 1. The van der Waals surface area contributed by atoms with Gasteiger partial charge in [0.1, 0.15) is 0 Å². The van der Waals surface area contributed by atoms with E-state index in [0.29, 0.717) is 32.4 Å². The second kappa shape index (κ2) is 6.72. The number of carboxylic acids is 1. The molecule has 1 aliphatic rings. The van der Waals surface area contributed by atoms with E-state index in [1.807, 2.05) is 25.1 Å². The van der Waals surface area contributed by atoms with Crippen molar-refractivity contribution in [3.63, 3.8) is 0 Å². The molecule has 21 heavy (non-hydrogen) atoms. The van der Waals surface area contributed by atoms with E-state index in [4.69, 9.17) is 5.73 Å². The molecule has 0 saturated carbocycles. The molecule has 1 aromatic rings. The zero-order valence-electron chi connectivity index (χ0n) is 12.3. The topological polar surface area (TPSA) is 83.6 Å². The number of hydrogen-bond donors (Lipinski definition) is 2. The number of aliphatic carboxylic acids is 1. The maximum Gasteiger partial charge on any atom is 0.331 e. The minimum Gasteiger partial charge on any atom is -0.479 e. The largest absolute Gasteiger partial charge is 0.479 e. The lowest BCUT2D eigenvalue weighted by atomic mass is 9.92. The SMILES string of the molecule is CC(CN)CCC(=O)N1CCc2ccccc2C1C(=O)O. The van der Waals surface area contributed by atoms with Crippen molar-refractivity contribution >= 4 is 11.9 Å². The Kier molecular flexibility index (Phi) is 4.96. The van der Waals surface area contributed by atoms with Crippen LogP contribution in [0.3, 0.4) is 0 Å². The van der Waals surface area contributed by atoms with E-state index in [-0.39, 0.29) is 11.8 Å². The average Bonchev–Trinajstić information content (AvgIpc) is 2.50. The van der Waals surface area contributed by atoms with Crippen LogP contribution in [0.5, 0.6) is 0 Å². The first-order chi connectivity index (χ1) is 10.0. The molecule has 2 unspecified atom stereocenters. The Balaban J connectivity index is 2.16. The Hall–Kier alpha value is -1.88. The molecule has 0 aliphatic carbocycles. The minimum absolute atomic E-state index is 0.0998. The highest BCUT2D eigenvalue weighted by atomic mass is 16.4. The van der Waals surface area contributed by atoms with Crippen molar-refractivity contribution in [3.8, 4) is 0 Å². The molecule has 0 radical (unpaired) electrons. The second-order valence-electron chi connectivity index (χ2n) is 5.66. The zero-order chi connectivity index (χ0) is 15.4. The number of carbonyl (C=O) groups is 2. The molecule has 1 amide bonds. The molecule has 2 atom stereocenters. The summed E-state index contributed by atoms with van der Waals surface area (Å²) in [5.41, 5.74) is 7.31. The molecule has 0 saturated heterocycles. The Labute approximate surface area is 124 Å². The molecule has 5 heteroatoms. The van der Waals surface area contributed by atoms with Crippen molar-refractivity contribution in [2.75, 3.05) is 13.1 Å². The molecule has 0 bridgehead atoms. The van der Waals surface area contributed by atoms with E-state index in [1.165, 1.54) is 4.90 Å².